The van der Waals surface area contributed by atoms with Crippen LogP contribution in [-0.4, -0.2) is 19.6 Å². The number of nitrogens with zero attached hydrogens (tertiary/aromatic N) is 1. The van der Waals surface area contributed by atoms with Crippen LogP contribution in [0.1, 0.15) is 100 Å². The highest BCUT2D eigenvalue weighted by atomic mass is 32.1. The molecule has 0 aliphatic carbocycles. The molecule has 1 aromatic heterocycles. The van der Waals surface area contributed by atoms with E-state index in [0.29, 0.717) is 18.1 Å². The molecule has 0 saturated carbocycles. The molecule has 218 valence electrons. The summed E-state index contributed by atoms with van der Waals surface area (Å²) >= 11 is 1.73. The highest BCUT2D eigenvalue weighted by Gasteiger charge is 2.15. The highest BCUT2D eigenvalue weighted by Crippen LogP contribution is 2.32. The molecule has 0 fully saturated rings. The molecule has 0 saturated heterocycles. The van der Waals surface area contributed by atoms with Gasteiger partial charge in [0.1, 0.15) is 0 Å². The van der Waals surface area contributed by atoms with Gasteiger partial charge in [0.15, 0.2) is 24.2 Å². The minimum atomic E-state index is -0.0695. The third-order valence-electron chi connectivity index (χ3n) is 7.32. The molecular formula is C34H49N2O3S+. The maximum Gasteiger partial charge on any atom is 0.234 e. The number of para-hydroxylation sites is 1. The van der Waals surface area contributed by atoms with Gasteiger partial charge in [0, 0.05) is 23.7 Å². The largest absolute Gasteiger partial charge is 0.493 e. The molecule has 1 amide bonds. The van der Waals surface area contributed by atoms with Gasteiger partial charge >= 0.3 is 0 Å². The van der Waals surface area contributed by atoms with Crippen LogP contribution < -0.4 is 19.4 Å². The van der Waals surface area contributed by atoms with Crippen molar-refractivity contribution in [3.05, 3.63) is 70.2 Å². The predicted molar refractivity (Wildman–Crippen MR) is 167 cm³/mol. The van der Waals surface area contributed by atoms with Crippen LogP contribution in [0.4, 0.5) is 5.69 Å². The molecule has 0 unspecified atom stereocenters. The molecule has 40 heavy (non-hydrogen) atoms. The summed E-state index contributed by atoms with van der Waals surface area (Å²) < 4.78 is 14.0. The molecule has 6 heteroatoms. The number of unbranched alkanes of at least 4 members (excludes halogenated alkanes) is 11. The predicted octanol–water partition coefficient (Wildman–Crippen LogP) is 8.66. The van der Waals surface area contributed by atoms with Crippen molar-refractivity contribution >= 4 is 22.9 Å². The SMILES string of the molecule is CCCCCCCCCCCCCCOc1c(CC(=O)Nc2cccc(C[n+]3ccsc3C)c2)cccc1OC. The van der Waals surface area contributed by atoms with Crippen molar-refractivity contribution in [3.8, 4) is 11.5 Å². The maximum absolute atomic E-state index is 13.0. The van der Waals surface area contributed by atoms with E-state index in [1.54, 1.807) is 18.4 Å². The second-order valence-electron chi connectivity index (χ2n) is 10.7. The lowest BCUT2D eigenvalue weighted by Crippen LogP contribution is -2.34. The summed E-state index contributed by atoms with van der Waals surface area (Å²) in [4.78, 5) is 13.0. The summed E-state index contributed by atoms with van der Waals surface area (Å²) in [6.07, 6.45) is 18.1. The number of anilines is 1. The van der Waals surface area contributed by atoms with Crippen molar-refractivity contribution in [1.82, 2.24) is 0 Å². The molecule has 0 bridgehead atoms. The summed E-state index contributed by atoms with van der Waals surface area (Å²) in [5, 5.41) is 6.41. The van der Waals surface area contributed by atoms with Gasteiger partial charge in [-0.25, -0.2) is 0 Å². The fraction of sp³-hybridized carbons (Fsp3) is 0.529. The van der Waals surface area contributed by atoms with Crippen LogP contribution in [0.3, 0.4) is 0 Å². The van der Waals surface area contributed by atoms with Gasteiger partial charge in [-0.2, -0.15) is 4.57 Å². The molecule has 0 spiro atoms. The van der Waals surface area contributed by atoms with Gasteiger partial charge in [-0.05, 0) is 24.6 Å². The van der Waals surface area contributed by atoms with Crippen LogP contribution in [-0.2, 0) is 17.8 Å². The number of benzene rings is 2. The number of thiazole rings is 1. The number of hydrogen-bond acceptors (Lipinski definition) is 4. The molecule has 0 aliphatic rings. The van der Waals surface area contributed by atoms with Gasteiger partial charge in [-0.15, -0.1) is 0 Å². The molecular weight excluding hydrogens is 516 g/mol. The summed E-state index contributed by atoms with van der Waals surface area (Å²) in [6, 6.07) is 13.8. The lowest BCUT2D eigenvalue weighted by molar-refractivity contribution is -0.689. The number of nitrogens with one attached hydrogen (secondary N) is 1. The average Bonchev–Trinajstić information content (AvgIpc) is 3.35. The Labute approximate surface area is 245 Å². The van der Waals surface area contributed by atoms with Crippen molar-refractivity contribution < 1.29 is 18.8 Å². The fourth-order valence-electron chi connectivity index (χ4n) is 5.00. The Morgan fingerprint density at radius 3 is 2.23 bits per heavy atom. The van der Waals surface area contributed by atoms with E-state index >= 15 is 0 Å². The van der Waals surface area contributed by atoms with Crippen LogP contribution in [0.2, 0.25) is 0 Å². The van der Waals surface area contributed by atoms with E-state index in [0.717, 1.165) is 29.8 Å². The van der Waals surface area contributed by atoms with E-state index in [9.17, 15) is 4.79 Å². The second kappa shape index (κ2) is 18.5. The van der Waals surface area contributed by atoms with Crippen molar-refractivity contribution in [3.63, 3.8) is 0 Å². The number of aromatic nitrogens is 1. The molecule has 3 rings (SSSR count). The Balaban J connectivity index is 1.41. The number of hydrogen-bond donors (Lipinski definition) is 1. The zero-order valence-corrected chi connectivity index (χ0v) is 25.7. The van der Waals surface area contributed by atoms with E-state index in [1.807, 2.05) is 36.4 Å². The van der Waals surface area contributed by atoms with E-state index in [4.69, 9.17) is 9.47 Å². The van der Waals surface area contributed by atoms with Crippen LogP contribution in [0.5, 0.6) is 11.5 Å². The minimum absolute atomic E-state index is 0.0695. The zero-order chi connectivity index (χ0) is 28.4. The number of carbonyl (C=O) groups excluding carboxylic acids is 1. The summed E-state index contributed by atoms with van der Waals surface area (Å²) in [5.74, 6) is 1.29. The van der Waals surface area contributed by atoms with Gasteiger partial charge in [0.05, 0.1) is 25.5 Å². The van der Waals surface area contributed by atoms with Gasteiger partial charge < -0.3 is 14.8 Å². The molecule has 1 heterocycles. The smallest absolute Gasteiger partial charge is 0.234 e. The summed E-state index contributed by atoms with van der Waals surface area (Å²) in [5.41, 5.74) is 2.80. The van der Waals surface area contributed by atoms with Gasteiger partial charge in [-0.3, -0.25) is 4.79 Å². The fourth-order valence-corrected chi connectivity index (χ4v) is 5.67. The number of aryl methyl sites for hydroxylation is 1. The van der Waals surface area contributed by atoms with Crippen molar-refractivity contribution in [1.29, 1.82) is 0 Å². The Morgan fingerprint density at radius 2 is 1.57 bits per heavy atom. The van der Waals surface area contributed by atoms with E-state index in [1.165, 1.54) is 75.6 Å². The van der Waals surface area contributed by atoms with Crippen molar-refractivity contribution in [2.24, 2.45) is 0 Å². The number of amides is 1. The number of methoxy groups -OCH3 is 1. The Bertz CT molecular complexity index is 1140. The maximum atomic E-state index is 13.0. The topological polar surface area (TPSA) is 51.4 Å². The van der Waals surface area contributed by atoms with Crippen LogP contribution in [0.15, 0.2) is 54.0 Å². The highest BCUT2D eigenvalue weighted by molar-refractivity contribution is 7.09. The first-order valence-corrected chi connectivity index (χ1v) is 16.1. The quantitative estimate of drug-likeness (QED) is 0.110. The Hall–Kier alpha value is -2.86. The normalized spacial score (nSPS) is 11.0. The third-order valence-corrected chi connectivity index (χ3v) is 8.16. The van der Waals surface area contributed by atoms with E-state index in [-0.39, 0.29) is 12.3 Å². The van der Waals surface area contributed by atoms with Crippen molar-refractivity contribution in [2.45, 2.75) is 104 Å². The van der Waals surface area contributed by atoms with Crippen LogP contribution >= 0.6 is 11.3 Å². The number of rotatable bonds is 20. The molecule has 2 aromatic carbocycles. The van der Waals surface area contributed by atoms with Gasteiger partial charge in [0.25, 0.3) is 0 Å². The zero-order valence-electron chi connectivity index (χ0n) is 24.9. The molecule has 5 nitrogen and oxygen atoms in total. The summed E-state index contributed by atoms with van der Waals surface area (Å²) in [7, 11) is 1.65. The van der Waals surface area contributed by atoms with Gasteiger partial charge in [-0.1, -0.05) is 113 Å². The molecule has 3 aromatic rings. The molecule has 1 N–H and O–H groups in total. The Kier molecular flexibility index (Phi) is 14.6. The number of carbonyl (C=O) groups is 1. The summed E-state index contributed by atoms with van der Waals surface area (Å²) in [6.45, 7) is 5.80. The van der Waals surface area contributed by atoms with E-state index < -0.39 is 0 Å². The monoisotopic (exact) mass is 565 g/mol. The Morgan fingerprint density at radius 1 is 0.900 bits per heavy atom. The first-order valence-electron chi connectivity index (χ1n) is 15.2. The standard InChI is InChI=1S/C34H48N2O3S/c1-4-5-6-7-8-9-10-11-12-13-14-15-23-39-34-30(19-17-21-32(34)38-3)26-33(37)35-31-20-16-18-29(25-31)27-36-22-24-40-28(36)2/h16-22,24-25H,4-15,23,26-27H2,1-3H3/p+1. The average molecular weight is 566 g/mol. The lowest BCUT2D eigenvalue weighted by Gasteiger charge is -2.15. The first kappa shape index (κ1) is 31.7. The second-order valence-corrected chi connectivity index (χ2v) is 11.8. The van der Waals surface area contributed by atoms with E-state index in [2.05, 4.69) is 41.4 Å². The van der Waals surface area contributed by atoms with Crippen LogP contribution in [0.25, 0.3) is 0 Å². The third kappa shape index (κ3) is 11.3. The van der Waals surface area contributed by atoms with Gasteiger partial charge in [0.2, 0.25) is 10.9 Å². The minimum Gasteiger partial charge on any atom is -0.493 e. The lowest BCUT2D eigenvalue weighted by atomic mass is 10.1. The van der Waals surface area contributed by atoms with Crippen molar-refractivity contribution in [2.75, 3.05) is 19.0 Å². The number of ether oxygens (including phenoxy) is 2. The first-order chi connectivity index (χ1) is 19.6. The molecule has 0 atom stereocenters. The molecule has 0 aliphatic heterocycles. The molecule has 0 radical (unpaired) electrons. The van der Waals surface area contributed by atoms with Crippen LogP contribution in [0, 0.1) is 6.92 Å².